The Kier molecular flexibility index (Phi) is 4.83. The van der Waals surface area contributed by atoms with E-state index >= 15 is 0 Å². The van der Waals surface area contributed by atoms with Gasteiger partial charge < -0.3 is 9.84 Å². The second-order valence-corrected chi connectivity index (χ2v) is 8.62. The number of nitrogens with zero attached hydrogens (tertiary/aromatic N) is 1. The SMILES string of the molecule is CC1=C(C(=O)O)C2CC2C(c2ccc(Oc3ccccc3)c(C3=CCC=CS3)c2)=N1. The fraction of sp³-hybridized carbons (Fsp3) is 0.200. The number of carbonyl (C=O) groups is 1. The molecule has 4 nitrogen and oxygen atoms in total. The van der Waals surface area contributed by atoms with Gasteiger partial charge in [0.2, 0.25) is 0 Å². The Morgan fingerprint density at radius 1 is 1.17 bits per heavy atom. The van der Waals surface area contributed by atoms with E-state index in [0.29, 0.717) is 11.3 Å². The Bertz CT molecular complexity index is 1140. The first kappa shape index (κ1) is 18.9. The van der Waals surface area contributed by atoms with Gasteiger partial charge >= 0.3 is 5.97 Å². The van der Waals surface area contributed by atoms with Crippen molar-refractivity contribution in [1.29, 1.82) is 0 Å². The van der Waals surface area contributed by atoms with Gasteiger partial charge in [0.05, 0.1) is 11.3 Å². The van der Waals surface area contributed by atoms with Crippen molar-refractivity contribution in [3.8, 4) is 11.5 Å². The molecule has 2 aromatic carbocycles. The first-order valence-corrected chi connectivity index (χ1v) is 10.9. The smallest absolute Gasteiger partial charge is 0.333 e. The summed E-state index contributed by atoms with van der Waals surface area (Å²) in [6.07, 6.45) is 6.09. The van der Waals surface area contributed by atoms with E-state index in [-0.39, 0.29) is 11.8 Å². The zero-order valence-corrected chi connectivity index (χ0v) is 17.4. The number of carboxylic acid groups (broad SMARTS) is 1. The highest BCUT2D eigenvalue weighted by atomic mass is 32.2. The summed E-state index contributed by atoms with van der Waals surface area (Å²) in [7, 11) is 0. The number of benzene rings is 2. The molecule has 0 amide bonds. The molecule has 2 aliphatic heterocycles. The van der Waals surface area contributed by atoms with E-state index in [1.54, 1.807) is 18.7 Å². The Balaban J connectivity index is 1.56. The third-order valence-electron chi connectivity index (χ3n) is 5.66. The van der Waals surface area contributed by atoms with Crippen LogP contribution in [0, 0.1) is 11.8 Å². The van der Waals surface area contributed by atoms with Gasteiger partial charge in [-0.1, -0.05) is 42.1 Å². The van der Waals surface area contributed by atoms with Crippen LogP contribution in [0.1, 0.15) is 30.9 Å². The summed E-state index contributed by atoms with van der Waals surface area (Å²) in [5.74, 6) is 1.05. The third-order valence-corrected chi connectivity index (χ3v) is 6.63. The predicted molar refractivity (Wildman–Crippen MR) is 121 cm³/mol. The van der Waals surface area contributed by atoms with Crippen LogP contribution >= 0.6 is 11.8 Å². The van der Waals surface area contributed by atoms with Crippen molar-refractivity contribution in [1.82, 2.24) is 0 Å². The number of fused-ring (bicyclic) bond motifs is 1. The van der Waals surface area contributed by atoms with Crippen molar-refractivity contribution in [3.63, 3.8) is 0 Å². The van der Waals surface area contributed by atoms with E-state index in [1.165, 1.54) is 0 Å². The number of allylic oxidation sites excluding steroid dienone is 3. The average Bonchev–Trinajstić information content (AvgIpc) is 3.55. The van der Waals surface area contributed by atoms with Crippen LogP contribution in [0.3, 0.4) is 0 Å². The van der Waals surface area contributed by atoms with E-state index < -0.39 is 5.97 Å². The van der Waals surface area contributed by atoms with Crippen molar-refractivity contribution >= 4 is 28.3 Å². The fourth-order valence-electron chi connectivity index (χ4n) is 4.16. The first-order chi connectivity index (χ1) is 14.6. The van der Waals surface area contributed by atoms with Gasteiger partial charge in [-0.25, -0.2) is 4.79 Å². The van der Waals surface area contributed by atoms with Crippen LogP contribution in [0.4, 0.5) is 0 Å². The number of hydrogen-bond donors (Lipinski definition) is 1. The van der Waals surface area contributed by atoms with Gasteiger partial charge in [-0.05, 0) is 61.1 Å². The van der Waals surface area contributed by atoms with Crippen molar-refractivity contribution in [2.75, 3.05) is 0 Å². The van der Waals surface area contributed by atoms with Gasteiger partial charge in [-0.3, -0.25) is 4.99 Å². The first-order valence-electron chi connectivity index (χ1n) is 10.0. The van der Waals surface area contributed by atoms with Crippen LogP contribution in [0.15, 0.2) is 82.4 Å². The van der Waals surface area contributed by atoms with Gasteiger partial charge in [-0.15, -0.1) is 0 Å². The van der Waals surface area contributed by atoms with Crippen molar-refractivity contribution in [2.45, 2.75) is 19.8 Å². The monoisotopic (exact) mass is 415 g/mol. The second-order valence-electron chi connectivity index (χ2n) is 7.67. The van der Waals surface area contributed by atoms with E-state index in [2.05, 4.69) is 23.6 Å². The number of rotatable bonds is 5. The minimum Gasteiger partial charge on any atom is -0.478 e. The molecule has 5 rings (SSSR count). The molecular weight excluding hydrogens is 394 g/mol. The van der Waals surface area contributed by atoms with Gasteiger partial charge in [0.15, 0.2) is 0 Å². The normalized spacial score (nSPS) is 22.2. The van der Waals surface area contributed by atoms with Gasteiger partial charge in [0.1, 0.15) is 11.5 Å². The molecule has 1 fully saturated rings. The standard InChI is InChI=1S/C25H21NO3S/c1-15-23(25(27)28)18-14-19(18)24(26-15)16-10-11-21(29-17-7-3-2-4-8-17)20(13-16)22-9-5-6-12-30-22/h2-4,6-13,18-19H,5,14H2,1H3,(H,27,28). The Labute approximate surface area is 179 Å². The van der Waals surface area contributed by atoms with Gasteiger partial charge in [0.25, 0.3) is 0 Å². The summed E-state index contributed by atoms with van der Waals surface area (Å²) in [5, 5.41) is 11.6. The third kappa shape index (κ3) is 3.50. The summed E-state index contributed by atoms with van der Waals surface area (Å²) in [5.41, 5.74) is 4.17. The fourth-order valence-corrected chi connectivity index (χ4v) is 4.99. The molecule has 5 heteroatoms. The Morgan fingerprint density at radius 2 is 2.00 bits per heavy atom. The average molecular weight is 416 g/mol. The maximum atomic E-state index is 11.6. The Hall–Kier alpha value is -3.05. The highest BCUT2D eigenvalue weighted by Crippen LogP contribution is 2.51. The van der Waals surface area contributed by atoms with E-state index in [0.717, 1.165) is 46.1 Å². The van der Waals surface area contributed by atoms with Crippen molar-refractivity contribution in [2.24, 2.45) is 16.8 Å². The summed E-state index contributed by atoms with van der Waals surface area (Å²) >= 11 is 1.69. The number of para-hydroxylation sites is 1. The molecule has 0 saturated heterocycles. The van der Waals surface area contributed by atoms with Crippen LogP contribution in [0.25, 0.3) is 4.91 Å². The lowest BCUT2D eigenvalue weighted by molar-refractivity contribution is -0.133. The van der Waals surface area contributed by atoms with Gasteiger partial charge in [0, 0.05) is 28.0 Å². The second kappa shape index (κ2) is 7.65. The van der Waals surface area contributed by atoms with Gasteiger partial charge in [-0.2, -0.15) is 0 Å². The molecule has 0 aromatic heterocycles. The van der Waals surface area contributed by atoms with Crippen LogP contribution in [0.2, 0.25) is 0 Å². The summed E-state index contributed by atoms with van der Waals surface area (Å²) in [6.45, 7) is 1.80. The lowest BCUT2D eigenvalue weighted by Gasteiger charge is -2.18. The maximum Gasteiger partial charge on any atom is 0.333 e. The number of aliphatic imine (C=N–C) groups is 1. The molecule has 150 valence electrons. The molecule has 0 radical (unpaired) electrons. The molecule has 30 heavy (non-hydrogen) atoms. The molecule has 3 aliphatic rings. The lowest BCUT2D eigenvalue weighted by atomic mass is 9.96. The summed E-state index contributed by atoms with van der Waals surface area (Å²) in [6, 6.07) is 16.0. The van der Waals surface area contributed by atoms with E-state index in [9.17, 15) is 9.90 Å². The van der Waals surface area contributed by atoms with Crippen molar-refractivity contribution in [3.05, 3.63) is 88.5 Å². The molecule has 2 atom stereocenters. The molecule has 0 spiro atoms. The summed E-state index contributed by atoms with van der Waals surface area (Å²) in [4.78, 5) is 17.4. The molecule has 1 saturated carbocycles. The highest BCUT2D eigenvalue weighted by molar-refractivity contribution is 8.11. The largest absolute Gasteiger partial charge is 0.478 e. The number of hydrogen-bond acceptors (Lipinski definition) is 4. The quantitative estimate of drug-likeness (QED) is 0.625. The van der Waals surface area contributed by atoms with E-state index in [4.69, 9.17) is 9.73 Å². The van der Waals surface area contributed by atoms with Crippen LogP contribution in [-0.2, 0) is 4.79 Å². The number of carboxylic acids is 1. The van der Waals surface area contributed by atoms with Crippen molar-refractivity contribution < 1.29 is 14.6 Å². The van der Waals surface area contributed by atoms with Crippen LogP contribution < -0.4 is 4.74 Å². The Morgan fingerprint density at radius 3 is 2.73 bits per heavy atom. The highest BCUT2D eigenvalue weighted by Gasteiger charge is 2.49. The van der Waals surface area contributed by atoms with Crippen LogP contribution in [0.5, 0.6) is 11.5 Å². The molecule has 1 N–H and O–H groups in total. The number of ether oxygens (including phenoxy) is 1. The minimum absolute atomic E-state index is 0.0879. The lowest BCUT2D eigenvalue weighted by Crippen LogP contribution is -2.16. The number of thioether (sulfide) groups is 1. The molecule has 1 aliphatic carbocycles. The van der Waals surface area contributed by atoms with E-state index in [1.807, 2.05) is 42.5 Å². The molecule has 2 unspecified atom stereocenters. The minimum atomic E-state index is -0.842. The maximum absolute atomic E-state index is 11.6. The molecule has 2 heterocycles. The molecule has 2 aromatic rings. The summed E-state index contributed by atoms with van der Waals surface area (Å²) < 4.78 is 6.21. The molecular formula is C25H21NO3S. The predicted octanol–water partition coefficient (Wildman–Crippen LogP) is 6.27. The number of aliphatic carboxylic acids is 1. The zero-order valence-electron chi connectivity index (χ0n) is 16.5. The topological polar surface area (TPSA) is 58.9 Å². The van der Waals surface area contributed by atoms with Crippen LogP contribution in [-0.4, -0.2) is 16.8 Å². The zero-order chi connectivity index (χ0) is 20.7. The molecule has 0 bridgehead atoms.